The number of nitrogens with two attached hydrogens (primary N) is 1. The first-order valence-electron chi connectivity index (χ1n) is 12.3. The summed E-state index contributed by atoms with van der Waals surface area (Å²) in [4.78, 5) is 42.3. The van der Waals surface area contributed by atoms with Crippen LogP contribution in [0.4, 0.5) is 9.18 Å². The number of hydrogen-bond donors (Lipinski definition) is 2. The van der Waals surface area contributed by atoms with Gasteiger partial charge in [-0.3, -0.25) is 9.59 Å². The number of ether oxygens (including phenoxy) is 1. The molecule has 0 bridgehead atoms. The molecule has 4 heterocycles. The first-order valence-corrected chi connectivity index (χ1v) is 14.5. The molecule has 0 spiro atoms. The second-order valence-corrected chi connectivity index (χ2v) is 13.4. The first kappa shape index (κ1) is 22.6. The summed E-state index contributed by atoms with van der Waals surface area (Å²) in [5.41, 5.74) is 11.0. The van der Waals surface area contributed by atoms with E-state index in [-0.39, 0.29) is 29.9 Å². The molecule has 2 aliphatic heterocycles. The van der Waals surface area contributed by atoms with Crippen molar-refractivity contribution in [1.82, 2.24) is 9.55 Å². The predicted molar refractivity (Wildman–Crippen MR) is 133 cm³/mol. The van der Waals surface area contributed by atoms with Gasteiger partial charge in [-0.2, -0.15) is 0 Å². The summed E-state index contributed by atoms with van der Waals surface area (Å²) < 4.78 is 21.8. The Morgan fingerprint density at radius 1 is 1.29 bits per heavy atom. The van der Waals surface area contributed by atoms with Crippen molar-refractivity contribution in [3.8, 4) is 11.4 Å². The number of hydrogen-bond acceptors (Lipinski definition) is 6. The van der Waals surface area contributed by atoms with Crippen LogP contribution in [-0.4, -0.2) is 34.8 Å². The third-order valence-electron chi connectivity index (χ3n) is 8.25. The van der Waals surface area contributed by atoms with Gasteiger partial charge in [-0.15, -0.1) is 0 Å². The first-order chi connectivity index (χ1) is 16.8. The van der Waals surface area contributed by atoms with E-state index in [1.807, 2.05) is 6.92 Å². The van der Waals surface area contributed by atoms with Crippen molar-refractivity contribution in [2.24, 2.45) is 5.73 Å². The monoisotopic (exact) mass is 493 g/mol. The standard InChI is InChI=1S/C26H28FN3O4Si/c1-3-35(33)21-10-20-24-16(11-30(20)25(31)17(21)12-34-26(35)32)22-14(5-4-8-28)6-7-15-13(2)18(27)9-19(29-24)23(15)22/h9-10,14,33H,3-8,11-12,28H2,1-2H3/t14?,35-/m0/s1. The Morgan fingerprint density at radius 2 is 2.09 bits per heavy atom. The van der Waals surface area contributed by atoms with Crippen molar-refractivity contribution < 1.29 is 18.7 Å². The van der Waals surface area contributed by atoms with Gasteiger partial charge in [0.15, 0.2) is 0 Å². The number of nitrogens with zero attached hydrogens (tertiary/aromatic N) is 2. The Balaban J connectivity index is 1.66. The minimum atomic E-state index is -3.63. The molecule has 3 aliphatic rings. The van der Waals surface area contributed by atoms with E-state index >= 15 is 0 Å². The third-order valence-corrected chi connectivity index (χ3v) is 11.4. The quantitative estimate of drug-likeness (QED) is 0.423. The number of aryl methyl sites for hydroxylation is 1. The maximum Gasteiger partial charge on any atom is 0.347 e. The summed E-state index contributed by atoms with van der Waals surface area (Å²) in [5.74, 6) is -0.0238. The molecule has 9 heteroatoms. The van der Waals surface area contributed by atoms with Crippen LogP contribution in [0.5, 0.6) is 0 Å². The molecule has 3 aromatic rings. The summed E-state index contributed by atoms with van der Waals surface area (Å²) in [5, 5.41) is 1.44. The van der Waals surface area contributed by atoms with Crippen LogP contribution in [0.3, 0.4) is 0 Å². The average molecular weight is 494 g/mol. The summed E-state index contributed by atoms with van der Waals surface area (Å²) in [6.07, 6.45) is 3.49. The lowest BCUT2D eigenvalue weighted by Crippen LogP contribution is -2.61. The fraction of sp³-hybridized carbons (Fsp3) is 0.423. The van der Waals surface area contributed by atoms with Gasteiger partial charge in [0.05, 0.1) is 29.0 Å². The molecular formula is C26H28FN3O4Si. The van der Waals surface area contributed by atoms with Crippen LogP contribution in [0.2, 0.25) is 6.04 Å². The summed E-state index contributed by atoms with van der Waals surface area (Å²) in [6.45, 7) is 4.40. The van der Waals surface area contributed by atoms with Gasteiger partial charge in [0, 0.05) is 17.0 Å². The lowest BCUT2D eigenvalue weighted by atomic mass is 9.76. The van der Waals surface area contributed by atoms with Crippen LogP contribution in [0.1, 0.15) is 59.9 Å². The van der Waals surface area contributed by atoms with Crippen molar-refractivity contribution in [2.75, 3.05) is 6.54 Å². The highest BCUT2D eigenvalue weighted by molar-refractivity contribution is 7.09. The molecule has 0 fully saturated rings. The molecule has 7 nitrogen and oxygen atoms in total. The average Bonchev–Trinajstić information content (AvgIpc) is 3.22. The van der Waals surface area contributed by atoms with Gasteiger partial charge >= 0.3 is 13.9 Å². The van der Waals surface area contributed by atoms with Crippen LogP contribution in [0.25, 0.3) is 22.3 Å². The van der Waals surface area contributed by atoms with Crippen LogP contribution < -0.4 is 16.5 Å². The van der Waals surface area contributed by atoms with E-state index in [1.54, 1.807) is 17.6 Å². The van der Waals surface area contributed by atoms with E-state index in [0.29, 0.717) is 46.3 Å². The molecule has 35 heavy (non-hydrogen) atoms. The van der Waals surface area contributed by atoms with Gasteiger partial charge in [0.1, 0.15) is 12.4 Å². The van der Waals surface area contributed by atoms with Crippen LogP contribution in [0, 0.1) is 12.7 Å². The highest BCUT2D eigenvalue weighted by Gasteiger charge is 2.49. The highest BCUT2D eigenvalue weighted by Crippen LogP contribution is 2.46. The molecule has 2 aromatic heterocycles. The smallest absolute Gasteiger partial charge is 0.347 e. The minimum absolute atomic E-state index is 0.130. The number of cyclic esters (lactones) is 1. The summed E-state index contributed by atoms with van der Waals surface area (Å²) in [7, 11) is -3.63. The van der Waals surface area contributed by atoms with Gasteiger partial charge in [-0.25, -0.2) is 9.37 Å². The second kappa shape index (κ2) is 7.81. The molecule has 0 saturated carbocycles. The molecule has 0 amide bonds. The summed E-state index contributed by atoms with van der Waals surface area (Å²) in [6, 6.07) is 3.49. The summed E-state index contributed by atoms with van der Waals surface area (Å²) >= 11 is 0. The Hall–Kier alpha value is -2.88. The molecule has 6 rings (SSSR count). The van der Waals surface area contributed by atoms with Crippen LogP contribution >= 0.6 is 0 Å². The van der Waals surface area contributed by atoms with Gasteiger partial charge in [0.25, 0.3) is 5.56 Å². The number of halogens is 1. The Kier molecular flexibility index (Phi) is 5.04. The van der Waals surface area contributed by atoms with E-state index in [0.717, 1.165) is 47.8 Å². The Bertz CT molecular complexity index is 1500. The molecule has 1 aromatic carbocycles. The number of carbonyl (C=O) groups excluding carboxylic acids is 1. The lowest BCUT2D eigenvalue weighted by molar-refractivity contribution is 0.156. The fourth-order valence-electron chi connectivity index (χ4n) is 6.30. The molecule has 2 atom stereocenters. The molecular weight excluding hydrogens is 465 g/mol. The third kappa shape index (κ3) is 2.98. The van der Waals surface area contributed by atoms with Crippen molar-refractivity contribution in [3.63, 3.8) is 0 Å². The zero-order chi connectivity index (χ0) is 24.6. The lowest BCUT2D eigenvalue weighted by Gasteiger charge is -2.29. The van der Waals surface area contributed by atoms with Crippen molar-refractivity contribution in [1.29, 1.82) is 0 Å². The number of fused-ring (bicyclic) bond motifs is 5. The van der Waals surface area contributed by atoms with Gasteiger partial charge in [-0.05, 0) is 79.1 Å². The number of aromatic nitrogens is 2. The van der Waals surface area contributed by atoms with Crippen molar-refractivity contribution in [3.05, 3.63) is 56.1 Å². The largest absolute Gasteiger partial charge is 0.463 e. The molecule has 1 aliphatic carbocycles. The van der Waals surface area contributed by atoms with Crippen LogP contribution in [-0.2, 0) is 24.3 Å². The molecule has 1 unspecified atom stereocenters. The van der Waals surface area contributed by atoms with Gasteiger partial charge < -0.3 is 19.8 Å². The maximum atomic E-state index is 14.9. The highest BCUT2D eigenvalue weighted by atomic mass is 28.4. The van der Waals surface area contributed by atoms with Gasteiger partial charge in [0.2, 0.25) is 0 Å². The Morgan fingerprint density at radius 3 is 2.83 bits per heavy atom. The van der Waals surface area contributed by atoms with E-state index in [9.17, 15) is 18.8 Å². The zero-order valence-electron chi connectivity index (χ0n) is 19.9. The van der Waals surface area contributed by atoms with Crippen molar-refractivity contribution >= 4 is 30.0 Å². The van der Waals surface area contributed by atoms with E-state index in [1.165, 1.54) is 6.07 Å². The topological polar surface area (TPSA) is 107 Å². The zero-order valence-corrected chi connectivity index (χ0v) is 20.9. The second-order valence-electron chi connectivity index (χ2n) is 9.98. The number of rotatable bonds is 4. The predicted octanol–water partition coefficient (Wildman–Crippen LogP) is 3.04. The van der Waals surface area contributed by atoms with Crippen LogP contribution in [0.15, 0.2) is 16.9 Å². The van der Waals surface area contributed by atoms with Gasteiger partial charge in [-0.1, -0.05) is 6.92 Å². The molecule has 0 saturated heterocycles. The maximum absolute atomic E-state index is 14.9. The van der Waals surface area contributed by atoms with E-state index in [4.69, 9.17) is 15.5 Å². The Labute approximate surface area is 202 Å². The van der Waals surface area contributed by atoms with E-state index < -0.39 is 13.9 Å². The molecule has 0 radical (unpaired) electrons. The molecule has 182 valence electrons. The normalized spacial score (nSPS) is 22.1. The van der Waals surface area contributed by atoms with Crippen molar-refractivity contribution in [2.45, 2.75) is 64.6 Å². The molecule has 3 N–H and O–H groups in total. The minimum Gasteiger partial charge on any atom is -0.463 e. The number of benzene rings is 1. The fourth-order valence-corrected chi connectivity index (χ4v) is 8.56. The van der Waals surface area contributed by atoms with E-state index in [2.05, 4.69) is 0 Å². The SMILES string of the molecule is CC[Si@@]1(O)C(=O)OCc2c1cc1n(c2=O)Cc2c-1nc1cc(F)c(C)c3c1c2C(CCCN)CC3. The number of carbonyl (C=O) groups is 1. The number of pyridine rings is 2.